The van der Waals surface area contributed by atoms with Crippen molar-refractivity contribution in [3.8, 4) is 6.07 Å². The minimum Gasteiger partial charge on any atom is -0.353 e. The maximum atomic E-state index is 13.1. The highest BCUT2D eigenvalue weighted by molar-refractivity contribution is 6.32. The topological polar surface area (TPSA) is 73.1 Å². The van der Waals surface area contributed by atoms with Crippen LogP contribution < -0.4 is 4.90 Å². The van der Waals surface area contributed by atoms with E-state index in [1.165, 1.54) is 0 Å². The number of nitriles is 1. The molecule has 4 rings (SSSR count). The summed E-state index contributed by atoms with van der Waals surface area (Å²) in [6.07, 6.45) is 3.31. The van der Waals surface area contributed by atoms with Crippen LogP contribution in [0.3, 0.4) is 0 Å². The molecule has 0 saturated carbocycles. The molecule has 3 aromatic rings. The third-order valence-electron chi connectivity index (χ3n) is 4.67. The molecule has 6 nitrogen and oxygen atoms in total. The fraction of sp³-hybridized carbons (Fsp3) is 0.200. The van der Waals surface area contributed by atoms with Crippen LogP contribution >= 0.6 is 11.6 Å². The zero-order valence-electron chi connectivity index (χ0n) is 14.5. The average molecular weight is 378 g/mol. The molecule has 1 amide bonds. The minimum absolute atomic E-state index is 0.0698. The molecule has 1 aliphatic heterocycles. The number of hydrogen-bond donors (Lipinski definition) is 0. The van der Waals surface area contributed by atoms with Crippen molar-refractivity contribution >= 4 is 34.2 Å². The first kappa shape index (κ1) is 17.3. The Labute approximate surface area is 161 Å². The fourth-order valence-electron chi connectivity index (χ4n) is 3.29. The number of anilines is 1. The Morgan fingerprint density at radius 3 is 2.67 bits per heavy atom. The molecule has 7 heteroatoms. The third-order valence-corrected chi connectivity index (χ3v) is 4.88. The fourth-order valence-corrected chi connectivity index (χ4v) is 3.52. The second-order valence-electron chi connectivity index (χ2n) is 6.32. The van der Waals surface area contributed by atoms with Gasteiger partial charge in [0.15, 0.2) is 0 Å². The molecule has 2 aromatic heterocycles. The smallest absolute Gasteiger partial charge is 0.256 e. The molecule has 1 aliphatic rings. The quantitative estimate of drug-likeness (QED) is 0.686. The van der Waals surface area contributed by atoms with Gasteiger partial charge in [0.05, 0.1) is 22.7 Å². The molecule has 0 radical (unpaired) electrons. The average Bonchev–Trinajstić information content (AvgIpc) is 2.72. The molecule has 0 aliphatic carbocycles. The van der Waals surface area contributed by atoms with Gasteiger partial charge in [0.1, 0.15) is 5.82 Å². The Kier molecular flexibility index (Phi) is 4.61. The number of amides is 1. The standard InChI is InChI=1S/C20H16ClN5O/c21-16-11-15-2-1-4-24-19(15)17(12-16)20(27)26-8-6-25(7-9-26)18-10-14(13-22)3-5-23-18/h1-5,10-12H,6-9H2. The molecule has 1 aromatic carbocycles. The van der Waals surface area contributed by atoms with Crippen LogP contribution in [0.2, 0.25) is 5.02 Å². The monoisotopic (exact) mass is 377 g/mol. The lowest BCUT2D eigenvalue weighted by Gasteiger charge is -2.35. The summed E-state index contributed by atoms with van der Waals surface area (Å²) >= 11 is 6.20. The van der Waals surface area contributed by atoms with E-state index >= 15 is 0 Å². The van der Waals surface area contributed by atoms with Crippen molar-refractivity contribution in [2.75, 3.05) is 31.1 Å². The van der Waals surface area contributed by atoms with E-state index in [4.69, 9.17) is 16.9 Å². The Bertz CT molecular complexity index is 1050. The SMILES string of the molecule is N#Cc1ccnc(N2CCN(C(=O)c3cc(Cl)cc4cccnc34)CC2)c1. The lowest BCUT2D eigenvalue weighted by atomic mass is 10.1. The maximum Gasteiger partial charge on any atom is 0.256 e. The maximum absolute atomic E-state index is 13.1. The van der Waals surface area contributed by atoms with Gasteiger partial charge in [0.25, 0.3) is 5.91 Å². The summed E-state index contributed by atoms with van der Waals surface area (Å²) in [5, 5.41) is 10.4. The van der Waals surface area contributed by atoms with Crippen LogP contribution in [-0.2, 0) is 0 Å². The minimum atomic E-state index is -0.0698. The Hall–Kier alpha value is -3.17. The van der Waals surface area contributed by atoms with E-state index in [9.17, 15) is 4.79 Å². The summed E-state index contributed by atoms with van der Waals surface area (Å²) in [6, 6.07) is 12.8. The lowest BCUT2D eigenvalue weighted by molar-refractivity contribution is 0.0748. The van der Waals surface area contributed by atoms with Gasteiger partial charge in [0.2, 0.25) is 0 Å². The first-order chi connectivity index (χ1) is 13.2. The number of aromatic nitrogens is 2. The summed E-state index contributed by atoms with van der Waals surface area (Å²) in [7, 11) is 0. The zero-order chi connectivity index (χ0) is 18.8. The number of piperazine rings is 1. The summed E-state index contributed by atoms with van der Waals surface area (Å²) in [5.74, 6) is 0.690. The molecule has 1 saturated heterocycles. The highest BCUT2D eigenvalue weighted by atomic mass is 35.5. The number of halogens is 1. The van der Waals surface area contributed by atoms with Gasteiger partial charge in [-0.15, -0.1) is 0 Å². The summed E-state index contributed by atoms with van der Waals surface area (Å²) < 4.78 is 0. The number of fused-ring (bicyclic) bond motifs is 1. The van der Waals surface area contributed by atoms with Gasteiger partial charge < -0.3 is 9.80 Å². The van der Waals surface area contributed by atoms with Crippen molar-refractivity contribution in [2.24, 2.45) is 0 Å². The van der Waals surface area contributed by atoms with Crippen molar-refractivity contribution in [1.29, 1.82) is 5.26 Å². The predicted molar refractivity (Wildman–Crippen MR) is 104 cm³/mol. The van der Waals surface area contributed by atoms with Crippen molar-refractivity contribution < 1.29 is 4.79 Å². The number of benzene rings is 1. The van der Waals surface area contributed by atoms with E-state index in [-0.39, 0.29) is 5.91 Å². The molecule has 0 bridgehead atoms. The number of pyridine rings is 2. The van der Waals surface area contributed by atoms with E-state index in [1.54, 1.807) is 30.6 Å². The number of carbonyl (C=O) groups is 1. The molecular formula is C20H16ClN5O. The predicted octanol–water partition coefficient (Wildman–Crippen LogP) is 3.12. The Morgan fingerprint density at radius 2 is 1.89 bits per heavy atom. The third kappa shape index (κ3) is 3.42. The van der Waals surface area contributed by atoms with Crippen molar-refractivity contribution in [2.45, 2.75) is 0 Å². The first-order valence-electron chi connectivity index (χ1n) is 8.60. The Morgan fingerprint density at radius 1 is 1.07 bits per heavy atom. The second-order valence-corrected chi connectivity index (χ2v) is 6.76. The van der Waals surface area contributed by atoms with E-state index in [1.807, 2.05) is 23.1 Å². The van der Waals surface area contributed by atoms with Crippen molar-refractivity contribution in [1.82, 2.24) is 14.9 Å². The van der Waals surface area contributed by atoms with Crippen LogP contribution in [-0.4, -0.2) is 47.0 Å². The van der Waals surface area contributed by atoms with Crippen molar-refractivity contribution in [3.05, 3.63) is 64.9 Å². The molecular weight excluding hydrogens is 362 g/mol. The first-order valence-corrected chi connectivity index (χ1v) is 8.98. The summed E-state index contributed by atoms with van der Waals surface area (Å²) in [6.45, 7) is 2.44. The van der Waals surface area contributed by atoms with Gasteiger partial charge in [-0.05, 0) is 30.3 Å². The van der Waals surface area contributed by atoms with Crippen LogP contribution in [0.15, 0.2) is 48.8 Å². The van der Waals surface area contributed by atoms with Crippen LogP contribution in [0.5, 0.6) is 0 Å². The summed E-state index contributed by atoms with van der Waals surface area (Å²) in [5.41, 5.74) is 1.77. The number of hydrogen-bond acceptors (Lipinski definition) is 5. The molecule has 0 atom stereocenters. The van der Waals surface area contributed by atoms with Gasteiger partial charge in [-0.3, -0.25) is 9.78 Å². The van der Waals surface area contributed by atoms with Crippen LogP contribution in [0.4, 0.5) is 5.82 Å². The van der Waals surface area contributed by atoms with Crippen molar-refractivity contribution in [3.63, 3.8) is 0 Å². The number of rotatable bonds is 2. The van der Waals surface area contributed by atoms with E-state index in [0.29, 0.717) is 47.8 Å². The molecule has 0 spiro atoms. The van der Waals surface area contributed by atoms with Gasteiger partial charge >= 0.3 is 0 Å². The van der Waals surface area contributed by atoms with Gasteiger partial charge in [-0.2, -0.15) is 5.26 Å². The molecule has 27 heavy (non-hydrogen) atoms. The molecule has 3 heterocycles. The largest absolute Gasteiger partial charge is 0.353 e. The summed E-state index contributed by atoms with van der Waals surface area (Å²) in [4.78, 5) is 25.7. The lowest BCUT2D eigenvalue weighted by Crippen LogP contribution is -2.49. The highest BCUT2D eigenvalue weighted by Crippen LogP contribution is 2.24. The molecule has 0 N–H and O–H groups in total. The molecule has 0 unspecified atom stereocenters. The van der Waals surface area contributed by atoms with E-state index < -0.39 is 0 Å². The van der Waals surface area contributed by atoms with Gasteiger partial charge in [-0.25, -0.2) is 4.98 Å². The van der Waals surface area contributed by atoms with Crippen LogP contribution in [0.25, 0.3) is 10.9 Å². The second kappa shape index (κ2) is 7.22. The van der Waals surface area contributed by atoms with Crippen LogP contribution in [0.1, 0.15) is 15.9 Å². The molecule has 1 fully saturated rings. The molecule has 134 valence electrons. The number of nitrogens with zero attached hydrogens (tertiary/aromatic N) is 5. The number of carbonyl (C=O) groups excluding carboxylic acids is 1. The zero-order valence-corrected chi connectivity index (χ0v) is 15.2. The van der Waals surface area contributed by atoms with E-state index in [2.05, 4.69) is 20.9 Å². The highest BCUT2D eigenvalue weighted by Gasteiger charge is 2.25. The normalized spacial score (nSPS) is 14.2. The van der Waals surface area contributed by atoms with Gasteiger partial charge in [0, 0.05) is 49.0 Å². The Balaban J connectivity index is 1.53. The van der Waals surface area contributed by atoms with Crippen LogP contribution in [0, 0.1) is 11.3 Å². The van der Waals surface area contributed by atoms with Gasteiger partial charge in [-0.1, -0.05) is 17.7 Å². The van der Waals surface area contributed by atoms with E-state index in [0.717, 1.165) is 11.2 Å².